The number of likely N-dealkylation sites (tertiary alicyclic amines) is 1. The predicted octanol–water partition coefficient (Wildman–Crippen LogP) is 3.17. The molecule has 4 rings (SSSR count). The Bertz CT molecular complexity index is 1110. The molecule has 1 spiro atoms. The van der Waals surface area contributed by atoms with Crippen molar-refractivity contribution in [2.24, 2.45) is 5.92 Å². The summed E-state index contributed by atoms with van der Waals surface area (Å²) in [6.45, 7) is 8.30. The minimum atomic E-state index is -0.914. The third-order valence-corrected chi connectivity index (χ3v) is 7.64. The molecule has 2 aromatic rings. The van der Waals surface area contributed by atoms with Gasteiger partial charge >= 0.3 is 0 Å². The number of nitrogens with zero attached hydrogens (tertiary/aromatic N) is 3. The molecule has 2 N–H and O–H groups in total. The van der Waals surface area contributed by atoms with Crippen molar-refractivity contribution in [3.63, 3.8) is 0 Å². The number of aliphatic hydroxyl groups is 1. The number of benzene rings is 1. The molecular formula is C29H38N4O5. The third-order valence-electron chi connectivity index (χ3n) is 7.64. The van der Waals surface area contributed by atoms with Gasteiger partial charge in [0.25, 0.3) is 0 Å². The van der Waals surface area contributed by atoms with Crippen molar-refractivity contribution >= 4 is 18.1 Å². The van der Waals surface area contributed by atoms with E-state index in [0.717, 1.165) is 24.7 Å². The standard InChI is InChI=1S/C29H38N4O5/c1-4-5-14-33-27(36)25(26(35)20(2)3)31-28(37)29(33)12-15-32(16-13-29)18-22-8-11-24(30-17-22)38-23-9-6-21(19-34)7-10-23/h6-11,17,19-20,25-26,35H,4-5,12-16,18H2,1-3H3,(H,31,37)/t25-,26-/m1/s1. The van der Waals surface area contributed by atoms with Crippen molar-refractivity contribution in [2.75, 3.05) is 19.6 Å². The second kappa shape index (κ2) is 12.0. The maximum absolute atomic E-state index is 13.5. The molecule has 0 bridgehead atoms. The molecule has 9 heteroatoms. The van der Waals surface area contributed by atoms with Crippen LogP contribution in [-0.2, 0) is 16.1 Å². The SMILES string of the molecule is CCCCN1C(=O)[C@@H]([C@H](O)C(C)C)NC(=O)C12CCN(Cc1ccc(Oc3ccc(C=O)cc3)nc1)CC2. The summed E-state index contributed by atoms with van der Waals surface area (Å²) in [6.07, 6.45) is 4.48. The Labute approximate surface area is 224 Å². The molecular weight excluding hydrogens is 484 g/mol. The van der Waals surface area contributed by atoms with Gasteiger partial charge in [0, 0.05) is 44.0 Å². The molecule has 0 unspecified atom stereocenters. The van der Waals surface area contributed by atoms with E-state index in [2.05, 4.69) is 22.1 Å². The van der Waals surface area contributed by atoms with E-state index < -0.39 is 17.7 Å². The van der Waals surface area contributed by atoms with Crippen molar-refractivity contribution in [1.82, 2.24) is 20.1 Å². The highest BCUT2D eigenvalue weighted by Crippen LogP contribution is 2.35. The molecule has 0 radical (unpaired) electrons. The van der Waals surface area contributed by atoms with Gasteiger partial charge in [0.05, 0.1) is 6.10 Å². The minimum absolute atomic E-state index is 0.137. The van der Waals surface area contributed by atoms with E-state index in [9.17, 15) is 19.5 Å². The first-order valence-electron chi connectivity index (χ1n) is 13.5. The number of pyridine rings is 1. The number of carbonyl (C=O) groups excluding carboxylic acids is 3. The van der Waals surface area contributed by atoms with Crippen LogP contribution >= 0.6 is 0 Å². The number of aromatic nitrogens is 1. The van der Waals surface area contributed by atoms with Crippen LogP contribution in [0.25, 0.3) is 0 Å². The van der Waals surface area contributed by atoms with Crippen LogP contribution in [0.1, 0.15) is 62.4 Å². The third kappa shape index (κ3) is 5.89. The molecule has 2 aliphatic heterocycles. The Morgan fingerprint density at radius 2 is 1.87 bits per heavy atom. The molecule has 9 nitrogen and oxygen atoms in total. The van der Waals surface area contributed by atoms with E-state index in [1.54, 1.807) is 35.4 Å². The highest BCUT2D eigenvalue weighted by Gasteiger charge is 2.54. The molecule has 1 aromatic carbocycles. The Balaban J connectivity index is 1.38. The number of amides is 2. The van der Waals surface area contributed by atoms with Gasteiger partial charge in [-0.25, -0.2) is 4.98 Å². The quantitative estimate of drug-likeness (QED) is 0.461. The molecule has 0 aliphatic carbocycles. The fourth-order valence-corrected chi connectivity index (χ4v) is 5.23. The van der Waals surface area contributed by atoms with Crippen molar-refractivity contribution < 1.29 is 24.2 Å². The van der Waals surface area contributed by atoms with Crippen LogP contribution in [0.3, 0.4) is 0 Å². The van der Waals surface area contributed by atoms with Crippen LogP contribution in [0.5, 0.6) is 11.6 Å². The monoisotopic (exact) mass is 522 g/mol. The number of aliphatic hydroxyl groups excluding tert-OH is 1. The van der Waals surface area contributed by atoms with Crippen LogP contribution in [0.15, 0.2) is 42.6 Å². The fraction of sp³-hybridized carbons (Fsp3) is 0.517. The van der Waals surface area contributed by atoms with E-state index >= 15 is 0 Å². The number of hydrogen-bond acceptors (Lipinski definition) is 7. The van der Waals surface area contributed by atoms with Crippen molar-refractivity contribution in [3.05, 3.63) is 53.7 Å². The molecule has 2 aliphatic rings. The van der Waals surface area contributed by atoms with Crippen molar-refractivity contribution in [1.29, 1.82) is 0 Å². The molecule has 204 valence electrons. The first-order valence-corrected chi connectivity index (χ1v) is 13.5. The number of carbonyl (C=O) groups is 3. The summed E-state index contributed by atoms with van der Waals surface area (Å²) < 4.78 is 5.76. The van der Waals surface area contributed by atoms with Crippen molar-refractivity contribution in [3.8, 4) is 11.6 Å². The van der Waals surface area contributed by atoms with Crippen LogP contribution in [-0.4, -0.2) is 75.3 Å². The van der Waals surface area contributed by atoms with Crippen LogP contribution in [0, 0.1) is 5.92 Å². The number of unbranched alkanes of at least 4 members (excludes halogenated alkanes) is 1. The first-order chi connectivity index (χ1) is 18.3. The van der Waals surface area contributed by atoms with Crippen molar-refractivity contribution in [2.45, 2.75) is 70.7 Å². The Morgan fingerprint density at radius 3 is 2.45 bits per heavy atom. The van der Waals surface area contributed by atoms with E-state index in [4.69, 9.17) is 4.74 Å². The van der Waals surface area contributed by atoms with E-state index in [-0.39, 0.29) is 17.7 Å². The summed E-state index contributed by atoms with van der Waals surface area (Å²) in [7, 11) is 0. The lowest BCUT2D eigenvalue weighted by atomic mass is 9.80. The van der Waals surface area contributed by atoms with Gasteiger partial charge in [-0.05, 0) is 55.0 Å². The Morgan fingerprint density at radius 1 is 1.16 bits per heavy atom. The lowest BCUT2D eigenvalue weighted by Crippen LogP contribution is -2.74. The van der Waals surface area contributed by atoms with Gasteiger partial charge in [0.2, 0.25) is 17.7 Å². The van der Waals surface area contributed by atoms with Gasteiger partial charge in [0.15, 0.2) is 0 Å². The molecule has 2 amide bonds. The summed E-state index contributed by atoms with van der Waals surface area (Å²) in [4.78, 5) is 46.2. The Kier molecular flexibility index (Phi) is 8.79. The van der Waals surface area contributed by atoms with Gasteiger partial charge in [-0.3, -0.25) is 19.3 Å². The van der Waals surface area contributed by atoms with Gasteiger partial charge < -0.3 is 20.1 Å². The summed E-state index contributed by atoms with van der Waals surface area (Å²) in [5, 5.41) is 13.5. The fourth-order valence-electron chi connectivity index (χ4n) is 5.23. The number of ether oxygens (including phenoxy) is 1. The molecule has 2 saturated heterocycles. The largest absolute Gasteiger partial charge is 0.439 e. The highest BCUT2D eigenvalue weighted by atomic mass is 16.5. The van der Waals surface area contributed by atoms with Crippen LogP contribution < -0.4 is 10.1 Å². The van der Waals surface area contributed by atoms with E-state index in [1.807, 2.05) is 26.0 Å². The van der Waals surface area contributed by atoms with Gasteiger partial charge in [0.1, 0.15) is 23.6 Å². The minimum Gasteiger partial charge on any atom is -0.439 e. The zero-order valence-corrected chi connectivity index (χ0v) is 22.4. The van der Waals surface area contributed by atoms with Gasteiger partial charge in [-0.1, -0.05) is 33.3 Å². The lowest BCUT2D eigenvalue weighted by molar-refractivity contribution is -0.165. The Hall–Kier alpha value is -3.30. The number of aldehydes is 1. The van der Waals surface area contributed by atoms with Gasteiger partial charge in [-0.15, -0.1) is 0 Å². The average molecular weight is 523 g/mol. The highest BCUT2D eigenvalue weighted by molar-refractivity contribution is 6.00. The number of piperidine rings is 1. The topological polar surface area (TPSA) is 112 Å². The van der Waals surface area contributed by atoms with Crippen LogP contribution in [0.2, 0.25) is 0 Å². The average Bonchev–Trinajstić information content (AvgIpc) is 2.93. The normalized spacial score (nSPS) is 20.4. The molecule has 2 atom stereocenters. The maximum Gasteiger partial charge on any atom is 0.248 e. The van der Waals surface area contributed by atoms with Crippen LogP contribution in [0.4, 0.5) is 0 Å². The second-order valence-corrected chi connectivity index (χ2v) is 10.6. The predicted molar refractivity (Wildman–Crippen MR) is 143 cm³/mol. The maximum atomic E-state index is 13.5. The first kappa shape index (κ1) is 27.7. The second-order valence-electron chi connectivity index (χ2n) is 10.6. The summed E-state index contributed by atoms with van der Waals surface area (Å²) in [6, 6.07) is 9.72. The number of piperazine rings is 1. The summed E-state index contributed by atoms with van der Waals surface area (Å²) >= 11 is 0. The molecule has 38 heavy (non-hydrogen) atoms. The molecule has 0 saturated carbocycles. The molecule has 2 fully saturated rings. The zero-order chi connectivity index (χ0) is 27.3. The number of nitrogens with one attached hydrogen (secondary N) is 1. The van der Waals surface area contributed by atoms with Gasteiger partial charge in [-0.2, -0.15) is 0 Å². The summed E-state index contributed by atoms with van der Waals surface area (Å²) in [5.74, 6) is 0.609. The van der Waals surface area contributed by atoms with E-state index in [0.29, 0.717) is 56.2 Å². The zero-order valence-electron chi connectivity index (χ0n) is 22.4. The molecule has 3 heterocycles. The number of hydrogen-bond donors (Lipinski definition) is 2. The van der Waals surface area contributed by atoms with E-state index in [1.165, 1.54) is 0 Å². The molecule has 1 aromatic heterocycles. The number of rotatable bonds is 10. The summed E-state index contributed by atoms with van der Waals surface area (Å²) in [5.41, 5.74) is 0.739. The lowest BCUT2D eigenvalue weighted by Gasteiger charge is -2.52. The smallest absolute Gasteiger partial charge is 0.248 e.